The minimum atomic E-state index is -0.159. The minimum absolute atomic E-state index is 0.159. The van der Waals surface area contributed by atoms with Gasteiger partial charge in [0.25, 0.3) is 0 Å². The highest BCUT2D eigenvalue weighted by Gasteiger charge is 2.13. The van der Waals surface area contributed by atoms with E-state index in [-0.39, 0.29) is 11.7 Å². The van der Waals surface area contributed by atoms with Crippen LogP contribution in [-0.2, 0) is 11.2 Å². The van der Waals surface area contributed by atoms with E-state index < -0.39 is 0 Å². The monoisotopic (exact) mass is 485 g/mol. The van der Waals surface area contributed by atoms with Crippen LogP contribution in [0.25, 0.3) is 5.69 Å². The predicted molar refractivity (Wildman–Crippen MR) is 128 cm³/mol. The molecule has 2 aromatic heterocycles. The molecule has 1 N–H and O–H groups in total. The maximum absolute atomic E-state index is 12.4. The Morgan fingerprint density at radius 3 is 2.84 bits per heavy atom. The molecule has 2 aromatic carbocycles. The summed E-state index contributed by atoms with van der Waals surface area (Å²) in [4.78, 5) is 17.8. The van der Waals surface area contributed by atoms with Crippen molar-refractivity contribution in [2.45, 2.75) is 18.5 Å². The molecule has 0 aliphatic rings. The van der Waals surface area contributed by atoms with Crippen molar-refractivity contribution in [3.63, 3.8) is 0 Å². The number of hydrogen-bond donors (Lipinski definition) is 1. The first kappa shape index (κ1) is 22.3. The number of nitrogens with zero attached hydrogens (tertiary/aromatic N) is 4. The number of nitrogens with one attached hydrogen (secondary N) is 1. The van der Waals surface area contributed by atoms with E-state index in [0.717, 1.165) is 32.5 Å². The molecule has 164 valence electrons. The zero-order valence-corrected chi connectivity index (χ0v) is 19.8. The van der Waals surface area contributed by atoms with Gasteiger partial charge in [0, 0.05) is 28.2 Å². The average molecular weight is 486 g/mol. The Morgan fingerprint density at radius 2 is 2.06 bits per heavy atom. The van der Waals surface area contributed by atoms with E-state index in [1.807, 2.05) is 54.0 Å². The van der Waals surface area contributed by atoms with Crippen molar-refractivity contribution in [1.29, 1.82) is 0 Å². The second-order valence-electron chi connectivity index (χ2n) is 6.87. The van der Waals surface area contributed by atoms with E-state index in [9.17, 15) is 4.79 Å². The van der Waals surface area contributed by atoms with Crippen LogP contribution < -0.4 is 10.1 Å². The molecule has 10 heteroatoms. The summed E-state index contributed by atoms with van der Waals surface area (Å²) in [5.74, 6) is 0.796. The summed E-state index contributed by atoms with van der Waals surface area (Å²) in [6.45, 7) is 1.98. The second kappa shape index (κ2) is 10.2. The van der Waals surface area contributed by atoms with Crippen LogP contribution in [0.1, 0.15) is 16.0 Å². The van der Waals surface area contributed by atoms with E-state index in [4.69, 9.17) is 16.3 Å². The molecule has 0 bridgehead atoms. The van der Waals surface area contributed by atoms with E-state index in [0.29, 0.717) is 16.7 Å². The predicted octanol–water partition coefficient (Wildman–Crippen LogP) is 5.02. The molecule has 4 aromatic rings. The van der Waals surface area contributed by atoms with E-state index in [1.165, 1.54) is 23.1 Å². The van der Waals surface area contributed by atoms with Crippen molar-refractivity contribution in [2.24, 2.45) is 0 Å². The van der Waals surface area contributed by atoms with Gasteiger partial charge in [-0.25, -0.2) is 4.98 Å². The molecule has 0 aliphatic carbocycles. The van der Waals surface area contributed by atoms with Crippen LogP contribution in [0, 0.1) is 6.92 Å². The fourth-order valence-corrected chi connectivity index (χ4v) is 4.78. The van der Waals surface area contributed by atoms with Gasteiger partial charge in [-0.15, -0.1) is 21.5 Å². The van der Waals surface area contributed by atoms with E-state index in [2.05, 4.69) is 20.5 Å². The number of aromatic nitrogens is 4. The number of benzene rings is 2. The third-order valence-electron chi connectivity index (χ3n) is 4.64. The summed E-state index contributed by atoms with van der Waals surface area (Å²) in [5, 5.41) is 12.9. The molecule has 2 heterocycles. The minimum Gasteiger partial charge on any atom is -0.497 e. The zero-order chi connectivity index (χ0) is 22.5. The summed E-state index contributed by atoms with van der Waals surface area (Å²) in [5.41, 5.74) is 2.97. The van der Waals surface area contributed by atoms with Gasteiger partial charge >= 0.3 is 0 Å². The highest BCUT2D eigenvalue weighted by atomic mass is 35.5. The van der Waals surface area contributed by atoms with Crippen molar-refractivity contribution < 1.29 is 9.53 Å². The number of thioether (sulfide) groups is 1. The van der Waals surface area contributed by atoms with Gasteiger partial charge in [-0.2, -0.15) is 0 Å². The van der Waals surface area contributed by atoms with Crippen molar-refractivity contribution >= 4 is 45.7 Å². The van der Waals surface area contributed by atoms with Gasteiger partial charge in [0.1, 0.15) is 12.1 Å². The molecule has 0 unspecified atom stereocenters. The molecule has 7 nitrogen and oxygen atoms in total. The summed E-state index contributed by atoms with van der Waals surface area (Å²) in [6, 6.07) is 13.5. The number of methoxy groups -OCH3 is 1. The third-order valence-corrected chi connectivity index (χ3v) is 7.03. The van der Waals surface area contributed by atoms with Gasteiger partial charge in [-0.1, -0.05) is 41.6 Å². The van der Waals surface area contributed by atoms with Gasteiger partial charge in [-0.05, 0) is 42.3 Å². The van der Waals surface area contributed by atoms with Crippen LogP contribution in [-0.4, -0.2) is 38.5 Å². The summed E-state index contributed by atoms with van der Waals surface area (Å²) in [7, 11) is 1.62. The van der Waals surface area contributed by atoms with E-state index >= 15 is 0 Å². The maximum Gasteiger partial charge on any atom is 0.236 e. The highest BCUT2D eigenvalue weighted by molar-refractivity contribution is 7.99. The summed E-state index contributed by atoms with van der Waals surface area (Å²) in [6.07, 6.45) is 4.06. The summed E-state index contributed by atoms with van der Waals surface area (Å²) < 4.78 is 7.01. The topological polar surface area (TPSA) is 81.9 Å². The Hall–Kier alpha value is -2.88. The molecular formula is C22H20ClN5O2S2. The van der Waals surface area contributed by atoms with Crippen LogP contribution in [0.15, 0.2) is 60.1 Å². The van der Waals surface area contributed by atoms with Gasteiger partial charge in [-0.3, -0.25) is 9.36 Å². The standard InChI is InChI=1S/C22H20ClN5O2S2/c1-14-4-3-5-15(20(14)23)10-18-11-24-21(32-18)26-19(29)12-31-22-27-25-13-28(22)16-6-8-17(30-2)9-7-16/h3-9,11,13H,10,12H2,1-2H3,(H,24,26,29). The SMILES string of the molecule is COc1ccc(-n2cnnc2SCC(=O)Nc2ncc(Cc3cccc(C)c3Cl)s2)cc1. The molecule has 0 radical (unpaired) electrons. The number of thiazole rings is 1. The van der Waals surface area contributed by atoms with Crippen molar-refractivity contribution in [1.82, 2.24) is 19.7 Å². The molecule has 0 saturated heterocycles. The molecule has 0 fully saturated rings. The van der Waals surface area contributed by atoms with Crippen molar-refractivity contribution in [3.8, 4) is 11.4 Å². The molecular weight excluding hydrogens is 466 g/mol. The molecule has 32 heavy (non-hydrogen) atoms. The average Bonchev–Trinajstić information content (AvgIpc) is 3.45. The van der Waals surface area contributed by atoms with Crippen molar-refractivity contribution in [2.75, 3.05) is 18.2 Å². The number of ether oxygens (including phenoxy) is 1. The fourth-order valence-electron chi connectivity index (χ4n) is 3.01. The number of carbonyl (C=O) groups is 1. The lowest BCUT2D eigenvalue weighted by molar-refractivity contribution is -0.113. The van der Waals surface area contributed by atoms with Gasteiger partial charge < -0.3 is 10.1 Å². The number of halogens is 1. The van der Waals surface area contributed by atoms with Crippen LogP contribution in [0.2, 0.25) is 5.02 Å². The lowest BCUT2D eigenvalue weighted by Gasteiger charge is -2.07. The van der Waals surface area contributed by atoms with Crippen LogP contribution in [0.4, 0.5) is 5.13 Å². The van der Waals surface area contributed by atoms with Crippen molar-refractivity contribution in [3.05, 3.63) is 76.0 Å². The molecule has 4 rings (SSSR count). The van der Waals surface area contributed by atoms with Gasteiger partial charge in [0.2, 0.25) is 5.91 Å². The normalized spacial score (nSPS) is 10.8. The number of rotatable bonds is 8. The van der Waals surface area contributed by atoms with Crippen LogP contribution in [0.5, 0.6) is 5.75 Å². The molecule has 0 spiro atoms. The van der Waals surface area contributed by atoms with Gasteiger partial charge in [0.15, 0.2) is 10.3 Å². The number of hydrogen-bond acceptors (Lipinski definition) is 7. The maximum atomic E-state index is 12.4. The van der Waals surface area contributed by atoms with Crippen LogP contribution >= 0.6 is 34.7 Å². The fraction of sp³-hybridized carbons (Fsp3) is 0.182. The third kappa shape index (κ3) is 5.29. The molecule has 0 aliphatic heterocycles. The highest BCUT2D eigenvalue weighted by Crippen LogP contribution is 2.27. The first-order valence-electron chi connectivity index (χ1n) is 9.69. The first-order valence-corrected chi connectivity index (χ1v) is 11.9. The van der Waals surface area contributed by atoms with E-state index in [1.54, 1.807) is 19.6 Å². The number of anilines is 1. The number of amides is 1. The number of aryl methyl sites for hydroxylation is 1. The Labute approximate surface area is 198 Å². The molecule has 0 atom stereocenters. The number of carbonyl (C=O) groups excluding carboxylic acids is 1. The smallest absolute Gasteiger partial charge is 0.236 e. The lowest BCUT2D eigenvalue weighted by Crippen LogP contribution is -2.14. The first-order chi connectivity index (χ1) is 15.5. The Kier molecular flexibility index (Phi) is 7.09. The van der Waals surface area contributed by atoms with Crippen LogP contribution in [0.3, 0.4) is 0 Å². The lowest BCUT2D eigenvalue weighted by atomic mass is 10.1. The molecule has 0 saturated carbocycles. The largest absolute Gasteiger partial charge is 0.497 e. The Morgan fingerprint density at radius 1 is 1.25 bits per heavy atom. The zero-order valence-electron chi connectivity index (χ0n) is 17.4. The Bertz CT molecular complexity index is 1220. The quantitative estimate of drug-likeness (QED) is 0.353. The van der Waals surface area contributed by atoms with Gasteiger partial charge in [0.05, 0.1) is 12.9 Å². The summed E-state index contributed by atoms with van der Waals surface area (Å²) >= 11 is 9.13. The Balaban J connectivity index is 1.34. The molecule has 1 amide bonds. The second-order valence-corrected chi connectivity index (χ2v) is 9.31.